The molecule has 0 saturated carbocycles. The van der Waals surface area contributed by atoms with Crippen molar-refractivity contribution < 1.29 is 0 Å². The fourth-order valence-corrected chi connectivity index (χ4v) is 2.66. The third-order valence-electron chi connectivity index (χ3n) is 3.94. The van der Waals surface area contributed by atoms with Crippen molar-refractivity contribution in [1.29, 1.82) is 0 Å². The molecule has 7 nitrogen and oxygen atoms in total. The monoisotopic (exact) mass is 299 g/mol. The second-order valence-electron chi connectivity index (χ2n) is 5.27. The summed E-state index contributed by atoms with van der Waals surface area (Å²) in [4.78, 5) is 9.12. The normalized spacial score (nSPS) is 15.2. The van der Waals surface area contributed by atoms with Crippen molar-refractivity contribution in [2.75, 3.05) is 36.0 Å². The van der Waals surface area contributed by atoms with Crippen molar-refractivity contribution in [2.24, 2.45) is 0 Å². The number of anilines is 2. The Labute approximate surface area is 130 Å². The van der Waals surface area contributed by atoms with Gasteiger partial charge in [-0.05, 0) is 25.0 Å². The van der Waals surface area contributed by atoms with Crippen molar-refractivity contribution in [1.82, 2.24) is 25.4 Å². The van der Waals surface area contributed by atoms with Crippen LogP contribution < -0.4 is 9.80 Å². The molecule has 0 N–H and O–H groups in total. The highest BCUT2D eigenvalue weighted by atomic mass is 15.4. The van der Waals surface area contributed by atoms with Gasteiger partial charge in [-0.1, -0.05) is 13.8 Å². The van der Waals surface area contributed by atoms with Gasteiger partial charge in [-0.3, -0.25) is 0 Å². The molecule has 22 heavy (non-hydrogen) atoms. The lowest BCUT2D eigenvalue weighted by molar-refractivity contribution is 0.622. The van der Waals surface area contributed by atoms with Crippen LogP contribution in [0.4, 0.5) is 11.8 Å². The molecule has 0 radical (unpaired) electrons. The Morgan fingerprint density at radius 2 is 1.64 bits per heavy atom. The molecule has 0 unspecified atom stereocenters. The minimum absolute atomic E-state index is 0.743. The van der Waals surface area contributed by atoms with Crippen molar-refractivity contribution >= 4 is 11.8 Å². The van der Waals surface area contributed by atoms with Gasteiger partial charge in [-0.25, -0.2) is 4.98 Å². The number of rotatable bonds is 4. The van der Waals surface area contributed by atoms with E-state index < -0.39 is 0 Å². The maximum absolute atomic E-state index is 4.69. The Morgan fingerprint density at radius 1 is 0.909 bits per heavy atom. The zero-order valence-electron chi connectivity index (χ0n) is 13.1. The molecule has 0 amide bonds. The summed E-state index contributed by atoms with van der Waals surface area (Å²) in [7, 11) is 0. The molecule has 1 aliphatic heterocycles. The first-order valence-electron chi connectivity index (χ1n) is 7.82. The summed E-state index contributed by atoms with van der Waals surface area (Å²) in [6, 6.07) is 3.91. The SMILES string of the molecule is CCc1nnc(N2CCN(c3cccnn3)CC2)nc1CC. The lowest BCUT2D eigenvalue weighted by atomic mass is 10.2. The van der Waals surface area contributed by atoms with E-state index in [1.54, 1.807) is 6.20 Å². The van der Waals surface area contributed by atoms with Gasteiger partial charge in [-0.2, -0.15) is 10.2 Å². The van der Waals surface area contributed by atoms with Gasteiger partial charge in [0, 0.05) is 32.4 Å². The van der Waals surface area contributed by atoms with E-state index in [0.717, 1.165) is 62.2 Å². The molecule has 0 aromatic carbocycles. The van der Waals surface area contributed by atoms with Crippen LogP contribution in [0.1, 0.15) is 25.2 Å². The fraction of sp³-hybridized carbons (Fsp3) is 0.533. The zero-order valence-corrected chi connectivity index (χ0v) is 13.1. The largest absolute Gasteiger partial charge is 0.352 e. The number of piperazine rings is 1. The maximum Gasteiger partial charge on any atom is 0.245 e. The fourth-order valence-electron chi connectivity index (χ4n) is 2.66. The van der Waals surface area contributed by atoms with Crippen LogP contribution in [0.3, 0.4) is 0 Å². The Hall–Kier alpha value is -2.31. The van der Waals surface area contributed by atoms with Gasteiger partial charge in [0.2, 0.25) is 5.95 Å². The third kappa shape index (κ3) is 2.98. The van der Waals surface area contributed by atoms with E-state index in [1.165, 1.54) is 0 Å². The molecule has 2 aromatic heterocycles. The van der Waals surface area contributed by atoms with Crippen LogP contribution in [0, 0.1) is 0 Å². The minimum atomic E-state index is 0.743. The van der Waals surface area contributed by atoms with Crippen molar-refractivity contribution in [3.8, 4) is 0 Å². The summed E-state index contributed by atoms with van der Waals surface area (Å²) in [5.41, 5.74) is 2.06. The molecule has 3 rings (SSSR count). The molecular formula is C15H21N7. The van der Waals surface area contributed by atoms with Gasteiger partial charge in [-0.15, -0.1) is 10.2 Å². The third-order valence-corrected chi connectivity index (χ3v) is 3.94. The second-order valence-corrected chi connectivity index (χ2v) is 5.27. The highest BCUT2D eigenvalue weighted by Gasteiger charge is 2.21. The van der Waals surface area contributed by atoms with E-state index >= 15 is 0 Å². The minimum Gasteiger partial charge on any atom is -0.352 e. The van der Waals surface area contributed by atoms with E-state index in [0.29, 0.717) is 0 Å². The number of hydrogen-bond donors (Lipinski definition) is 0. The smallest absolute Gasteiger partial charge is 0.245 e. The molecule has 1 fully saturated rings. The topological polar surface area (TPSA) is 70.9 Å². The van der Waals surface area contributed by atoms with Gasteiger partial charge < -0.3 is 9.80 Å². The van der Waals surface area contributed by atoms with Crippen LogP contribution in [0.5, 0.6) is 0 Å². The Bertz CT molecular complexity index is 609. The molecule has 1 aliphatic rings. The second kappa shape index (κ2) is 6.64. The Balaban J connectivity index is 1.69. The molecule has 3 heterocycles. The molecule has 0 aliphatic carbocycles. The van der Waals surface area contributed by atoms with Gasteiger partial charge in [0.15, 0.2) is 5.82 Å². The van der Waals surface area contributed by atoms with Gasteiger partial charge >= 0.3 is 0 Å². The zero-order chi connectivity index (χ0) is 15.4. The van der Waals surface area contributed by atoms with Gasteiger partial charge in [0.1, 0.15) is 0 Å². The standard InChI is InChI=1S/C15H21N7/c1-3-12-13(4-2)18-20-15(17-12)22-10-8-21(9-11-22)14-6-5-7-16-19-14/h5-7H,3-4,8-11H2,1-2H3. The Morgan fingerprint density at radius 3 is 2.27 bits per heavy atom. The van der Waals surface area contributed by atoms with E-state index in [-0.39, 0.29) is 0 Å². The van der Waals surface area contributed by atoms with Crippen molar-refractivity contribution in [3.63, 3.8) is 0 Å². The highest BCUT2D eigenvalue weighted by Crippen LogP contribution is 2.16. The number of aryl methyl sites for hydroxylation is 2. The summed E-state index contributed by atoms with van der Waals surface area (Å²) >= 11 is 0. The first-order chi connectivity index (χ1) is 10.8. The van der Waals surface area contributed by atoms with E-state index in [1.807, 2.05) is 12.1 Å². The average Bonchev–Trinajstić information content (AvgIpc) is 2.62. The summed E-state index contributed by atoms with van der Waals surface area (Å²) in [6.07, 6.45) is 3.47. The maximum atomic E-state index is 4.69. The summed E-state index contributed by atoms with van der Waals surface area (Å²) in [5.74, 6) is 1.67. The summed E-state index contributed by atoms with van der Waals surface area (Å²) in [5, 5.41) is 16.7. The first-order valence-corrected chi connectivity index (χ1v) is 7.82. The number of nitrogens with zero attached hydrogens (tertiary/aromatic N) is 7. The predicted molar refractivity (Wildman–Crippen MR) is 85.0 cm³/mol. The Kier molecular flexibility index (Phi) is 4.41. The number of aromatic nitrogens is 5. The van der Waals surface area contributed by atoms with E-state index in [9.17, 15) is 0 Å². The van der Waals surface area contributed by atoms with Crippen LogP contribution in [0.15, 0.2) is 18.3 Å². The van der Waals surface area contributed by atoms with E-state index in [4.69, 9.17) is 0 Å². The molecule has 1 saturated heterocycles. The molecule has 0 atom stereocenters. The molecule has 7 heteroatoms. The van der Waals surface area contributed by atoms with Gasteiger partial charge in [0.05, 0.1) is 11.4 Å². The summed E-state index contributed by atoms with van der Waals surface area (Å²) in [6.45, 7) is 7.71. The van der Waals surface area contributed by atoms with Crippen molar-refractivity contribution in [3.05, 3.63) is 29.7 Å². The predicted octanol–water partition coefficient (Wildman–Crippen LogP) is 1.11. The lowest BCUT2D eigenvalue weighted by Crippen LogP contribution is -2.47. The van der Waals surface area contributed by atoms with Crippen LogP contribution in [0.25, 0.3) is 0 Å². The van der Waals surface area contributed by atoms with Crippen LogP contribution in [-0.4, -0.2) is 51.6 Å². The van der Waals surface area contributed by atoms with Crippen LogP contribution >= 0.6 is 0 Å². The first kappa shape index (κ1) is 14.6. The molecule has 2 aromatic rings. The van der Waals surface area contributed by atoms with Gasteiger partial charge in [0.25, 0.3) is 0 Å². The number of hydrogen-bond acceptors (Lipinski definition) is 7. The van der Waals surface area contributed by atoms with E-state index in [2.05, 4.69) is 49.0 Å². The molecule has 0 bridgehead atoms. The average molecular weight is 299 g/mol. The van der Waals surface area contributed by atoms with Crippen LogP contribution in [0.2, 0.25) is 0 Å². The molecular weight excluding hydrogens is 278 g/mol. The lowest BCUT2D eigenvalue weighted by Gasteiger charge is -2.35. The molecule has 0 spiro atoms. The quantitative estimate of drug-likeness (QED) is 0.837. The molecule has 116 valence electrons. The highest BCUT2D eigenvalue weighted by molar-refractivity contribution is 5.41. The van der Waals surface area contributed by atoms with Crippen molar-refractivity contribution in [2.45, 2.75) is 26.7 Å². The summed E-state index contributed by atoms with van der Waals surface area (Å²) < 4.78 is 0. The van der Waals surface area contributed by atoms with Crippen LogP contribution in [-0.2, 0) is 12.8 Å².